The zero-order valence-corrected chi connectivity index (χ0v) is 18.7. The summed E-state index contributed by atoms with van der Waals surface area (Å²) >= 11 is 7.27. The molecule has 0 atom stereocenters. The molecule has 1 heterocycles. The van der Waals surface area contributed by atoms with Gasteiger partial charge < -0.3 is 4.74 Å². The minimum atomic E-state index is -0.353. The maximum Gasteiger partial charge on any atom is 0.272 e. The number of halogens is 1. The number of aryl methyl sites for hydroxylation is 1. The van der Waals surface area contributed by atoms with Crippen molar-refractivity contribution in [3.8, 4) is 5.75 Å². The second-order valence-electron chi connectivity index (χ2n) is 7.00. The van der Waals surface area contributed by atoms with Crippen LogP contribution < -0.4 is 9.64 Å². The molecule has 1 aliphatic rings. The molecule has 0 aromatic heterocycles. The summed E-state index contributed by atoms with van der Waals surface area (Å²) in [4.78, 5) is 29.4. The van der Waals surface area contributed by atoms with Gasteiger partial charge in [0.25, 0.3) is 11.8 Å². The first-order valence-electron chi connectivity index (χ1n) is 9.84. The van der Waals surface area contributed by atoms with Crippen LogP contribution in [0.1, 0.15) is 18.1 Å². The molecule has 0 radical (unpaired) electrons. The lowest BCUT2D eigenvalue weighted by molar-refractivity contribution is -0.119. The van der Waals surface area contributed by atoms with Gasteiger partial charge in [-0.05, 0) is 55.8 Å². The van der Waals surface area contributed by atoms with Gasteiger partial charge in [0, 0.05) is 16.0 Å². The van der Waals surface area contributed by atoms with Crippen molar-refractivity contribution in [2.24, 2.45) is 0 Å². The molecule has 3 aromatic carbocycles. The number of thioether (sulfide) groups is 1. The van der Waals surface area contributed by atoms with E-state index in [-0.39, 0.29) is 11.8 Å². The molecule has 0 fully saturated rings. The highest BCUT2D eigenvalue weighted by atomic mass is 35.5. The first-order chi connectivity index (χ1) is 15.0. The minimum absolute atomic E-state index is 0.348. The molecule has 2 amide bonds. The molecule has 4 nitrogen and oxygen atoms in total. The van der Waals surface area contributed by atoms with Gasteiger partial charge in [0.1, 0.15) is 5.75 Å². The smallest absolute Gasteiger partial charge is 0.272 e. The van der Waals surface area contributed by atoms with E-state index in [4.69, 9.17) is 16.3 Å². The highest BCUT2D eigenvalue weighted by molar-refractivity contribution is 8.04. The van der Waals surface area contributed by atoms with Crippen LogP contribution in [0.3, 0.4) is 0 Å². The Morgan fingerprint density at radius 1 is 0.935 bits per heavy atom. The van der Waals surface area contributed by atoms with E-state index >= 15 is 0 Å². The van der Waals surface area contributed by atoms with Crippen LogP contribution in [0.25, 0.3) is 5.57 Å². The summed E-state index contributed by atoms with van der Waals surface area (Å²) in [6.45, 7) is 4.36. The van der Waals surface area contributed by atoms with E-state index in [0.717, 1.165) is 10.5 Å². The maximum absolute atomic E-state index is 13.5. The lowest BCUT2D eigenvalue weighted by atomic mass is 10.0. The molecular weight excluding hydrogens is 430 g/mol. The third-order valence-corrected chi connectivity index (χ3v) is 6.14. The molecule has 1 aliphatic heterocycles. The largest absolute Gasteiger partial charge is 0.494 e. The Kier molecular flexibility index (Phi) is 6.16. The van der Waals surface area contributed by atoms with Crippen LogP contribution in [0, 0.1) is 6.92 Å². The Labute approximate surface area is 190 Å². The second kappa shape index (κ2) is 9.00. The number of nitrogens with zero attached hydrogens (tertiary/aromatic N) is 1. The predicted octanol–water partition coefficient (Wildman–Crippen LogP) is 6.12. The van der Waals surface area contributed by atoms with E-state index in [1.165, 1.54) is 16.7 Å². The standard InChI is InChI=1S/C25H20ClNO3S/c1-3-30-20-6-4-5-19(15-20)27-24(28)22(17-9-7-16(2)8-10-17)23(25(27)29)31-21-13-11-18(26)12-14-21/h4-15H,3H2,1-2H3. The number of imide groups is 1. The van der Waals surface area contributed by atoms with Crippen molar-refractivity contribution in [2.45, 2.75) is 18.7 Å². The summed E-state index contributed by atoms with van der Waals surface area (Å²) in [6.07, 6.45) is 0. The lowest BCUT2D eigenvalue weighted by Crippen LogP contribution is -2.31. The molecule has 6 heteroatoms. The van der Waals surface area contributed by atoms with Crippen molar-refractivity contribution >= 4 is 46.4 Å². The number of carbonyl (C=O) groups excluding carboxylic acids is 2. The molecule has 0 spiro atoms. The van der Waals surface area contributed by atoms with E-state index < -0.39 is 0 Å². The third kappa shape index (κ3) is 4.38. The van der Waals surface area contributed by atoms with Crippen LogP contribution in [0.15, 0.2) is 82.6 Å². The van der Waals surface area contributed by atoms with Crippen LogP contribution >= 0.6 is 23.4 Å². The van der Waals surface area contributed by atoms with Gasteiger partial charge in [-0.1, -0.05) is 59.3 Å². The van der Waals surface area contributed by atoms with E-state index in [1.807, 2.05) is 50.2 Å². The van der Waals surface area contributed by atoms with Gasteiger partial charge in [0.05, 0.1) is 22.8 Å². The van der Waals surface area contributed by atoms with E-state index in [1.54, 1.807) is 36.4 Å². The van der Waals surface area contributed by atoms with E-state index in [0.29, 0.717) is 39.1 Å². The molecule has 4 rings (SSSR count). The monoisotopic (exact) mass is 449 g/mol. The zero-order chi connectivity index (χ0) is 22.0. The topological polar surface area (TPSA) is 46.6 Å². The number of carbonyl (C=O) groups is 2. The number of hydrogen-bond acceptors (Lipinski definition) is 4. The molecule has 0 aliphatic carbocycles. The van der Waals surface area contributed by atoms with Crippen molar-refractivity contribution in [3.63, 3.8) is 0 Å². The zero-order valence-electron chi connectivity index (χ0n) is 17.1. The van der Waals surface area contributed by atoms with Crippen molar-refractivity contribution in [1.82, 2.24) is 0 Å². The highest BCUT2D eigenvalue weighted by Gasteiger charge is 2.40. The third-order valence-electron chi connectivity index (χ3n) is 4.80. The number of benzene rings is 3. The fourth-order valence-corrected chi connectivity index (χ4v) is 4.43. The van der Waals surface area contributed by atoms with Crippen LogP contribution in [-0.2, 0) is 9.59 Å². The molecule has 0 N–H and O–H groups in total. The fraction of sp³-hybridized carbons (Fsp3) is 0.120. The Morgan fingerprint density at radius 2 is 1.65 bits per heavy atom. The molecule has 0 saturated heterocycles. The van der Waals surface area contributed by atoms with Gasteiger partial charge in [-0.3, -0.25) is 9.59 Å². The molecule has 0 saturated carbocycles. The summed E-state index contributed by atoms with van der Waals surface area (Å²) < 4.78 is 5.55. The number of amides is 2. The van der Waals surface area contributed by atoms with Gasteiger partial charge in [-0.25, -0.2) is 4.90 Å². The molecule has 31 heavy (non-hydrogen) atoms. The van der Waals surface area contributed by atoms with Gasteiger partial charge in [0.2, 0.25) is 0 Å². The van der Waals surface area contributed by atoms with Crippen molar-refractivity contribution in [2.75, 3.05) is 11.5 Å². The van der Waals surface area contributed by atoms with Crippen LogP contribution in [-0.4, -0.2) is 18.4 Å². The molecule has 0 bridgehead atoms. The normalized spacial score (nSPS) is 13.8. The number of hydrogen-bond donors (Lipinski definition) is 0. The Morgan fingerprint density at radius 3 is 2.32 bits per heavy atom. The SMILES string of the molecule is CCOc1cccc(N2C(=O)C(Sc3ccc(Cl)cc3)=C(c3ccc(C)cc3)C2=O)c1. The summed E-state index contributed by atoms with van der Waals surface area (Å²) in [5, 5.41) is 0.611. The Hall–Kier alpha value is -3.02. The summed E-state index contributed by atoms with van der Waals surface area (Å²) in [6, 6.07) is 21.8. The average Bonchev–Trinajstić information content (AvgIpc) is 3.00. The average molecular weight is 450 g/mol. The van der Waals surface area contributed by atoms with Gasteiger partial charge >= 0.3 is 0 Å². The molecular formula is C25H20ClNO3S. The predicted molar refractivity (Wildman–Crippen MR) is 126 cm³/mol. The minimum Gasteiger partial charge on any atom is -0.494 e. The number of rotatable bonds is 6. The van der Waals surface area contributed by atoms with E-state index in [9.17, 15) is 9.59 Å². The van der Waals surface area contributed by atoms with Crippen LogP contribution in [0.4, 0.5) is 5.69 Å². The molecule has 0 unspecified atom stereocenters. The van der Waals surface area contributed by atoms with Crippen molar-refractivity contribution in [1.29, 1.82) is 0 Å². The van der Waals surface area contributed by atoms with Gasteiger partial charge in [0.15, 0.2) is 0 Å². The van der Waals surface area contributed by atoms with Crippen molar-refractivity contribution < 1.29 is 14.3 Å². The van der Waals surface area contributed by atoms with Gasteiger partial charge in [-0.15, -0.1) is 0 Å². The fourth-order valence-electron chi connectivity index (χ4n) is 3.31. The quantitative estimate of drug-likeness (QED) is 0.425. The van der Waals surface area contributed by atoms with Gasteiger partial charge in [-0.2, -0.15) is 0 Å². The first-order valence-corrected chi connectivity index (χ1v) is 11.0. The Bertz CT molecular complexity index is 1170. The second-order valence-corrected chi connectivity index (χ2v) is 8.52. The Balaban J connectivity index is 1.79. The first kappa shape index (κ1) is 21.2. The highest BCUT2D eigenvalue weighted by Crippen LogP contribution is 2.42. The number of anilines is 1. The summed E-state index contributed by atoms with van der Waals surface area (Å²) in [7, 11) is 0. The maximum atomic E-state index is 13.5. The van der Waals surface area contributed by atoms with Crippen LogP contribution in [0.5, 0.6) is 5.75 Å². The summed E-state index contributed by atoms with van der Waals surface area (Å²) in [5.41, 5.74) is 2.67. The van der Waals surface area contributed by atoms with Crippen LogP contribution in [0.2, 0.25) is 5.02 Å². The summed E-state index contributed by atoms with van der Waals surface area (Å²) in [5.74, 6) is -0.0931. The van der Waals surface area contributed by atoms with Crippen molar-refractivity contribution in [3.05, 3.63) is 93.9 Å². The van der Waals surface area contributed by atoms with E-state index in [2.05, 4.69) is 0 Å². The molecule has 156 valence electrons. The lowest BCUT2D eigenvalue weighted by Gasteiger charge is -2.16. The molecule has 3 aromatic rings. The number of ether oxygens (including phenoxy) is 1.